The van der Waals surface area contributed by atoms with Crippen molar-refractivity contribution in [2.75, 3.05) is 20.1 Å². The van der Waals surface area contributed by atoms with Gasteiger partial charge in [0.1, 0.15) is 0 Å². The smallest absolute Gasteiger partial charge is 0.242 e. The molecule has 0 bridgehead atoms. The monoisotopic (exact) mass is 289 g/mol. The summed E-state index contributed by atoms with van der Waals surface area (Å²) in [4.78, 5) is 16.5. The molecule has 1 amide bonds. The van der Waals surface area contributed by atoms with Gasteiger partial charge >= 0.3 is 0 Å². The van der Waals surface area contributed by atoms with E-state index in [2.05, 4.69) is 29.2 Å². The van der Waals surface area contributed by atoms with E-state index in [4.69, 9.17) is 5.73 Å². The van der Waals surface area contributed by atoms with Gasteiger partial charge in [0.05, 0.1) is 5.54 Å². The van der Waals surface area contributed by atoms with Crippen LogP contribution in [0.2, 0.25) is 0 Å². The van der Waals surface area contributed by atoms with Crippen LogP contribution in [0.4, 0.5) is 0 Å². The third-order valence-electron chi connectivity index (χ3n) is 4.23. The number of nitrogens with zero attached hydrogens (tertiary/aromatic N) is 2. The fourth-order valence-electron chi connectivity index (χ4n) is 2.93. The third-order valence-corrected chi connectivity index (χ3v) is 4.23. The van der Waals surface area contributed by atoms with E-state index in [0.717, 1.165) is 32.5 Å². The van der Waals surface area contributed by atoms with Crippen LogP contribution in [0.25, 0.3) is 0 Å². The molecule has 2 N–H and O–H groups in total. The van der Waals surface area contributed by atoms with Crippen molar-refractivity contribution in [3.05, 3.63) is 35.9 Å². The lowest BCUT2D eigenvalue weighted by molar-refractivity contribution is -0.137. The molecular formula is C17H27N3O. The number of nitrogens with two attached hydrogens (primary N) is 1. The zero-order chi connectivity index (χ0) is 15.5. The Morgan fingerprint density at radius 2 is 1.86 bits per heavy atom. The van der Waals surface area contributed by atoms with Crippen LogP contribution in [0.15, 0.2) is 30.3 Å². The summed E-state index contributed by atoms with van der Waals surface area (Å²) in [6, 6.07) is 10.9. The first-order valence-corrected chi connectivity index (χ1v) is 7.70. The number of likely N-dealkylation sites (tertiary alicyclic amines) is 1. The van der Waals surface area contributed by atoms with E-state index in [1.165, 1.54) is 5.56 Å². The van der Waals surface area contributed by atoms with Crippen molar-refractivity contribution in [1.29, 1.82) is 0 Å². The molecule has 0 spiro atoms. The first-order chi connectivity index (χ1) is 9.88. The van der Waals surface area contributed by atoms with E-state index >= 15 is 0 Å². The molecular weight excluding hydrogens is 262 g/mol. The van der Waals surface area contributed by atoms with Gasteiger partial charge in [-0.1, -0.05) is 30.3 Å². The number of carbonyl (C=O) groups is 1. The molecule has 1 heterocycles. The topological polar surface area (TPSA) is 49.6 Å². The number of piperidine rings is 1. The molecule has 0 unspecified atom stereocenters. The molecule has 1 fully saturated rings. The second-order valence-electron chi connectivity index (χ2n) is 6.63. The van der Waals surface area contributed by atoms with Gasteiger partial charge in [0.15, 0.2) is 0 Å². The van der Waals surface area contributed by atoms with Gasteiger partial charge < -0.3 is 10.6 Å². The summed E-state index contributed by atoms with van der Waals surface area (Å²) in [7, 11) is 1.88. The average molecular weight is 289 g/mol. The normalized spacial score (nSPS) is 17.7. The Kier molecular flexibility index (Phi) is 5.01. The molecule has 2 rings (SSSR count). The lowest BCUT2D eigenvalue weighted by Gasteiger charge is -2.38. The molecule has 1 saturated heterocycles. The zero-order valence-corrected chi connectivity index (χ0v) is 13.4. The van der Waals surface area contributed by atoms with Crippen molar-refractivity contribution in [2.45, 2.75) is 44.8 Å². The van der Waals surface area contributed by atoms with Gasteiger partial charge in [-0.05, 0) is 32.3 Å². The first kappa shape index (κ1) is 16.0. The molecule has 0 aromatic heterocycles. The molecule has 4 heteroatoms. The Morgan fingerprint density at radius 1 is 1.29 bits per heavy atom. The van der Waals surface area contributed by atoms with Crippen molar-refractivity contribution >= 4 is 5.91 Å². The average Bonchev–Trinajstić information content (AvgIpc) is 2.46. The van der Waals surface area contributed by atoms with Crippen LogP contribution in [0.1, 0.15) is 32.3 Å². The van der Waals surface area contributed by atoms with Crippen LogP contribution in [-0.2, 0) is 11.3 Å². The molecule has 1 aromatic rings. The van der Waals surface area contributed by atoms with E-state index in [0.29, 0.717) is 6.04 Å². The Morgan fingerprint density at radius 3 is 2.38 bits per heavy atom. The fraction of sp³-hybridized carbons (Fsp3) is 0.588. The number of benzene rings is 1. The van der Waals surface area contributed by atoms with Crippen molar-refractivity contribution in [3.63, 3.8) is 0 Å². The Hall–Kier alpha value is -1.39. The van der Waals surface area contributed by atoms with Crippen LogP contribution < -0.4 is 5.73 Å². The molecule has 4 nitrogen and oxygen atoms in total. The molecule has 116 valence electrons. The summed E-state index contributed by atoms with van der Waals surface area (Å²) in [5, 5.41) is 0. The summed E-state index contributed by atoms with van der Waals surface area (Å²) in [6.45, 7) is 6.60. The van der Waals surface area contributed by atoms with Gasteiger partial charge in [-0.15, -0.1) is 0 Å². The predicted octanol–water partition coefficient (Wildman–Crippen LogP) is 1.85. The minimum atomic E-state index is -0.782. The number of rotatable bonds is 4. The summed E-state index contributed by atoms with van der Waals surface area (Å²) in [5.74, 6) is 0.0315. The highest BCUT2D eigenvalue weighted by Gasteiger charge is 2.31. The molecule has 0 aliphatic carbocycles. The van der Waals surface area contributed by atoms with Crippen molar-refractivity contribution in [2.24, 2.45) is 5.73 Å². The second kappa shape index (κ2) is 6.58. The molecule has 1 aliphatic rings. The third kappa shape index (κ3) is 4.29. The number of hydrogen-bond acceptors (Lipinski definition) is 3. The minimum Gasteiger partial charge on any atom is -0.341 e. The number of likely N-dealkylation sites (N-methyl/N-ethyl adjacent to an activating group) is 1. The van der Waals surface area contributed by atoms with Gasteiger partial charge in [0.2, 0.25) is 5.91 Å². The zero-order valence-electron chi connectivity index (χ0n) is 13.4. The lowest BCUT2D eigenvalue weighted by atomic mass is 9.99. The van der Waals surface area contributed by atoms with Crippen molar-refractivity contribution in [1.82, 2.24) is 9.80 Å². The molecule has 0 radical (unpaired) electrons. The molecule has 0 saturated carbocycles. The number of carbonyl (C=O) groups excluding carboxylic acids is 1. The Bertz CT molecular complexity index is 459. The number of hydrogen-bond donors (Lipinski definition) is 1. The standard InChI is InChI=1S/C17H27N3O/c1-17(2,18)16(21)19(3)15-9-11-20(12-10-15)13-14-7-5-4-6-8-14/h4-8,15H,9-13,18H2,1-3H3. The van der Waals surface area contributed by atoms with E-state index in [1.54, 1.807) is 13.8 Å². The van der Waals surface area contributed by atoms with Crippen molar-refractivity contribution < 1.29 is 4.79 Å². The van der Waals surface area contributed by atoms with Crippen LogP contribution in [0, 0.1) is 0 Å². The predicted molar refractivity (Wildman–Crippen MR) is 85.8 cm³/mol. The maximum absolute atomic E-state index is 12.2. The van der Waals surface area contributed by atoms with Gasteiger partial charge in [0, 0.05) is 32.7 Å². The quantitative estimate of drug-likeness (QED) is 0.920. The van der Waals surface area contributed by atoms with E-state index < -0.39 is 5.54 Å². The van der Waals surface area contributed by atoms with Gasteiger partial charge in [-0.25, -0.2) is 0 Å². The van der Waals surface area contributed by atoms with Crippen LogP contribution >= 0.6 is 0 Å². The molecule has 1 aromatic carbocycles. The maximum Gasteiger partial charge on any atom is 0.242 e. The number of amides is 1. The van der Waals surface area contributed by atoms with E-state index in [-0.39, 0.29) is 5.91 Å². The highest BCUT2D eigenvalue weighted by Crippen LogP contribution is 2.19. The fourth-order valence-corrected chi connectivity index (χ4v) is 2.93. The highest BCUT2D eigenvalue weighted by atomic mass is 16.2. The van der Waals surface area contributed by atoms with E-state index in [1.807, 2.05) is 18.0 Å². The summed E-state index contributed by atoms with van der Waals surface area (Å²) in [5.41, 5.74) is 6.48. The minimum absolute atomic E-state index is 0.0315. The summed E-state index contributed by atoms with van der Waals surface area (Å²) < 4.78 is 0. The summed E-state index contributed by atoms with van der Waals surface area (Å²) >= 11 is 0. The molecule has 21 heavy (non-hydrogen) atoms. The lowest BCUT2D eigenvalue weighted by Crippen LogP contribution is -2.54. The Balaban J connectivity index is 1.84. The van der Waals surface area contributed by atoms with Crippen molar-refractivity contribution in [3.8, 4) is 0 Å². The SMILES string of the molecule is CN(C(=O)C(C)(C)N)C1CCN(Cc2ccccc2)CC1. The highest BCUT2D eigenvalue weighted by molar-refractivity contribution is 5.85. The van der Waals surface area contributed by atoms with Gasteiger partial charge in [0.25, 0.3) is 0 Å². The second-order valence-corrected chi connectivity index (χ2v) is 6.63. The summed E-state index contributed by atoms with van der Waals surface area (Å²) in [6.07, 6.45) is 2.04. The van der Waals surface area contributed by atoms with Gasteiger partial charge in [-0.3, -0.25) is 9.69 Å². The largest absolute Gasteiger partial charge is 0.341 e. The van der Waals surface area contributed by atoms with Crippen LogP contribution in [0.5, 0.6) is 0 Å². The van der Waals surface area contributed by atoms with Gasteiger partial charge in [-0.2, -0.15) is 0 Å². The maximum atomic E-state index is 12.2. The molecule has 0 atom stereocenters. The van der Waals surface area contributed by atoms with E-state index in [9.17, 15) is 4.79 Å². The Labute approximate surface area is 127 Å². The van der Waals surface area contributed by atoms with Crippen LogP contribution in [-0.4, -0.2) is 47.4 Å². The first-order valence-electron chi connectivity index (χ1n) is 7.70. The van der Waals surface area contributed by atoms with Crippen LogP contribution in [0.3, 0.4) is 0 Å². The molecule has 1 aliphatic heterocycles.